The summed E-state index contributed by atoms with van der Waals surface area (Å²) < 4.78 is 25.2. The van der Waals surface area contributed by atoms with Crippen LogP contribution < -0.4 is 0 Å². The molecule has 1 rings (SSSR count). The molecule has 4 heteroatoms. The van der Waals surface area contributed by atoms with Crippen molar-refractivity contribution in [1.82, 2.24) is 0 Å². The van der Waals surface area contributed by atoms with Gasteiger partial charge in [-0.15, -0.1) is 0 Å². The molecule has 0 unspecified atom stereocenters. The lowest BCUT2D eigenvalue weighted by Gasteiger charge is -1.98. The van der Waals surface area contributed by atoms with Gasteiger partial charge in [0.05, 0.1) is 5.56 Å². The van der Waals surface area contributed by atoms with Gasteiger partial charge in [-0.3, -0.25) is 4.79 Å². The molecule has 0 saturated carbocycles. The summed E-state index contributed by atoms with van der Waals surface area (Å²) in [4.78, 5) is 10.7. The van der Waals surface area contributed by atoms with Crippen molar-refractivity contribution in [1.29, 1.82) is 0 Å². The normalized spacial score (nSPS) is 9.92. The van der Waals surface area contributed by atoms with E-state index in [4.69, 9.17) is 0 Å². The number of carbonyl (C=O) groups excluding carboxylic acids is 1. The summed E-state index contributed by atoms with van der Waals surface area (Å²) in [6.07, 6.45) is 0. The second-order valence-electron chi connectivity index (χ2n) is 2.18. The Hall–Kier alpha value is -0.770. The predicted molar refractivity (Wildman–Crippen MR) is 44.4 cm³/mol. The van der Waals surface area contributed by atoms with Crippen LogP contribution >= 0.6 is 15.9 Å². The molecule has 0 N–H and O–H groups in total. The Balaban J connectivity index is 3.09. The average molecular weight is 235 g/mol. The molecule has 0 atom stereocenters. The van der Waals surface area contributed by atoms with Gasteiger partial charge in [0.1, 0.15) is 5.82 Å². The van der Waals surface area contributed by atoms with Crippen LogP contribution in [0.4, 0.5) is 8.78 Å². The summed E-state index contributed by atoms with van der Waals surface area (Å²) in [7, 11) is 0. The van der Waals surface area contributed by atoms with Crippen molar-refractivity contribution in [2.45, 2.75) is 0 Å². The Bertz CT molecular complexity index is 312. The van der Waals surface area contributed by atoms with Crippen LogP contribution in [-0.4, -0.2) is 12.5 Å². The molecule has 0 radical (unpaired) electrons. The summed E-state index contributed by atoms with van der Waals surface area (Å²) >= 11 is 3.02. The monoisotopic (exact) mass is 234 g/mol. The molecule has 0 heterocycles. The molecule has 0 aliphatic carbocycles. The third-order valence-electron chi connectivity index (χ3n) is 1.35. The largest absolute Gasteiger partial charge is 0.291 e. The molecule has 1 aromatic carbocycles. The highest BCUT2D eigenvalue weighted by Crippen LogP contribution is 2.15. The van der Waals surface area contributed by atoms with E-state index < -0.39 is 18.3 Å². The van der Waals surface area contributed by atoms with Crippen LogP contribution in [0.1, 0.15) is 10.4 Å². The molecule has 0 aromatic heterocycles. The standard InChI is InChI=1S/C8H5BrF2O/c9-5-1-2-6(7(11)3-5)8(12)4-10/h1-3H,4H2. The summed E-state index contributed by atoms with van der Waals surface area (Å²) in [6.45, 7) is -1.17. The molecule has 0 aliphatic rings. The average Bonchev–Trinajstić information content (AvgIpc) is 2.03. The van der Waals surface area contributed by atoms with E-state index in [1.54, 1.807) is 0 Å². The maximum atomic E-state index is 12.9. The number of carbonyl (C=O) groups is 1. The van der Waals surface area contributed by atoms with Gasteiger partial charge in [-0.2, -0.15) is 0 Å². The molecular formula is C8H5BrF2O. The van der Waals surface area contributed by atoms with Crippen LogP contribution in [0.15, 0.2) is 22.7 Å². The summed E-state index contributed by atoms with van der Waals surface area (Å²) in [5.74, 6) is -1.54. The van der Waals surface area contributed by atoms with Crippen molar-refractivity contribution in [3.8, 4) is 0 Å². The molecule has 0 spiro atoms. The maximum Gasteiger partial charge on any atom is 0.196 e. The van der Waals surface area contributed by atoms with Crippen molar-refractivity contribution < 1.29 is 13.6 Å². The Morgan fingerprint density at radius 1 is 1.50 bits per heavy atom. The van der Waals surface area contributed by atoms with Crippen molar-refractivity contribution >= 4 is 21.7 Å². The zero-order chi connectivity index (χ0) is 9.14. The van der Waals surface area contributed by atoms with E-state index in [2.05, 4.69) is 15.9 Å². The molecule has 0 fully saturated rings. The van der Waals surface area contributed by atoms with Crippen LogP contribution in [0, 0.1) is 5.82 Å². The molecule has 1 nitrogen and oxygen atoms in total. The number of Topliss-reactive ketones (excluding diaryl/α,β-unsaturated/α-hetero) is 1. The zero-order valence-corrected chi connectivity index (χ0v) is 7.57. The Labute approximate surface area is 76.5 Å². The van der Waals surface area contributed by atoms with Gasteiger partial charge in [0.25, 0.3) is 0 Å². The van der Waals surface area contributed by atoms with Gasteiger partial charge >= 0.3 is 0 Å². The number of ketones is 1. The highest BCUT2D eigenvalue weighted by atomic mass is 79.9. The molecule has 0 bridgehead atoms. The van der Waals surface area contributed by atoms with Crippen LogP contribution in [0.2, 0.25) is 0 Å². The van der Waals surface area contributed by atoms with E-state index in [1.165, 1.54) is 12.1 Å². The number of hydrogen-bond acceptors (Lipinski definition) is 1. The first-order valence-electron chi connectivity index (χ1n) is 3.19. The number of hydrogen-bond donors (Lipinski definition) is 0. The minimum atomic E-state index is -1.17. The first-order chi connectivity index (χ1) is 5.65. The van der Waals surface area contributed by atoms with E-state index in [9.17, 15) is 13.6 Å². The van der Waals surface area contributed by atoms with Gasteiger partial charge in [0.2, 0.25) is 0 Å². The fraction of sp³-hybridized carbons (Fsp3) is 0.125. The van der Waals surface area contributed by atoms with Crippen molar-refractivity contribution in [3.05, 3.63) is 34.1 Å². The third-order valence-corrected chi connectivity index (χ3v) is 1.85. The quantitative estimate of drug-likeness (QED) is 0.720. The topological polar surface area (TPSA) is 17.1 Å². The van der Waals surface area contributed by atoms with E-state index >= 15 is 0 Å². The van der Waals surface area contributed by atoms with Gasteiger partial charge in [-0.1, -0.05) is 15.9 Å². The molecule has 0 aliphatic heterocycles. The summed E-state index contributed by atoms with van der Waals surface area (Å²) in [5.41, 5.74) is -0.208. The van der Waals surface area contributed by atoms with E-state index in [-0.39, 0.29) is 5.56 Å². The minimum absolute atomic E-state index is 0.208. The summed E-state index contributed by atoms with van der Waals surface area (Å²) in [5, 5.41) is 0. The fourth-order valence-corrected chi connectivity index (χ4v) is 1.12. The second kappa shape index (κ2) is 3.76. The third kappa shape index (κ3) is 1.88. The maximum absolute atomic E-state index is 12.9. The summed E-state index contributed by atoms with van der Waals surface area (Å²) in [6, 6.07) is 3.87. The first-order valence-corrected chi connectivity index (χ1v) is 3.98. The predicted octanol–water partition coefficient (Wildman–Crippen LogP) is 2.74. The molecule has 64 valence electrons. The van der Waals surface area contributed by atoms with Gasteiger partial charge in [-0.25, -0.2) is 8.78 Å². The second-order valence-corrected chi connectivity index (χ2v) is 3.10. The van der Waals surface area contributed by atoms with Crippen LogP contribution in [0.5, 0.6) is 0 Å². The SMILES string of the molecule is O=C(CF)c1ccc(Br)cc1F. The van der Waals surface area contributed by atoms with Crippen molar-refractivity contribution in [3.63, 3.8) is 0 Å². The Kier molecular flexibility index (Phi) is 2.92. The lowest BCUT2D eigenvalue weighted by atomic mass is 10.1. The Morgan fingerprint density at radius 3 is 2.67 bits per heavy atom. The van der Waals surface area contributed by atoms with Gasteiger partial charge in [0.15, 0.2) is 12.5 Å². The Morgan fingerprint density at radius 2 is 2.17 bits per heavy atom. The highest BCUT2D eigenvalue weighted by molar-refractivity contribution is 9.10. The lowest BCUT2D eigenvalue weighted by molar-refractivity contribution is 0.0954. The van der Waals surface area contributed by atoms with Gasteiger partial charge in [-0.05, 0) is 18.2 Å². The minimum Gasteiger partial charge on any atom is -0.291 e. The number of halogens is 3. The smallest absolute Gasteiger partial charge is 0.196 e. The van der Waals surface area contributed by atoms with Gasteiger partial charge in [0, 0.05) is 4.47 Å². The number of alkyl halides is 1. The van der Waals surface area contributed by atoms with E-state index in [0.717, 1.165) is 6.07 Å². The zero-order valence-electron chi connectivity index (χ0n) is 5.98. The van der Waals surface area contributed by atoms with Crippen LogP contribution in [0.3, 0.4) is 0 Å². The number of benzene rings is 1. The van der Waals surface area contributed by atoms with E-state index in [0.29, 0.717) is 4.47 Å². The highest BCUT2D eigenvalue weighted by Gasteiger charge is 2.10. The van der Waals surface area contributed by atoms with Crippen LogP contribution in [0.25, 0.3) is 0 Å². The molecule has 0 saturated heterocycles. The van der Waals surface area contributed by atoms with Crippen LogP contribution in [-0.2, 0) is 0 Å². The van der Waals surface area contributed by atoms with E-state index in [1.807, 2.05) is 0 Å². The first kappa shape index (κ1) is 9.32. The van der Waals surface area contributed by atoms with Crippen molar-refractivity contribution in [2.75, 3.05) is 6.67 Å². The number of rotatable bonds is 2. The molecule has 0 amide bonds. The lowest BCUT2D eigenvalue weighted by Crippen LogP contribution is -2.03. The van der Waals surface area contributed by atoms with Crippen molar-refractivity contribution in [2.24, 2.45) is 0 Å². The molecule has 1 aromatic rings. The molecule has 12 heavy (non-hydrogen) atoms. The van der Waals surface area contributed by atoms with Gasteiger partial charge < -0.3 is 0 Å². The fourth-order valence-electron chi connectivity index (χ4n) is 0.788. The molecular weight excluding hydrogens is 230 g/mol.